The summed E-state index contributed by atoms with van der Waals surface area (Å²) in [6, 6.07) is 0. The highest BCUT2D eigenvalue weighted by molar-refractivity contribution is 6.20. The van der Waals surface area contributed by atoms with Gasteiger partial charge in [-0.25, -0.2) is 4.79 Å². The Balaban J connectivity index is 1.94. The summed E-state index contributed by atoms with van der Waals surface area (Å²) >= 11 is 0. The molecule has 0 amide bonds. The third-order valence-corrected chi connectivity index (χ3v) is 3.40. The highest BCUT2D eigenvalue weighted by atomic mass is 16.5. The van der Waals surface area contributed by atoms with Crippen LogP contribution in [0, 0.1) is 0 Å². The first kappa shape index (κ1) is 11.1. The molecule has 0 aromatic carbocycles. The Bertz CT molecular complexity index is 367. The summed E-state index contributed by atoms with van der Waals surface area (Å²) in [6.45, 7) is 0. The molecule has 0 aromatic heterocycles. The lowest BCUT2D eigenvalue weighted by Crippen LogP contribution is -2.24. The Morgan fingerprint density at radius 2 is 2.06 bits per heavy atom. The summed E-state index contributed by atoms with van der Waals surface area (Å²) in [6.07, 6.45) is 8.59. The van der Waals surface area contributed by atoms with Crippen molar-refractivity contribution in [2.75, 3.05) is 0 Å². The topological polar surface area (TPSA) is 62.7 Å². The van der Waals surface area contributed by atoms with Crippen LogP contribution in [-0.2, 0) is 9.53 Å². The molecule has 86 valence electrons. The molecular weight excluding hydrogens is 204 g/mol. The predicted octanol–water partition coefficient (Wildman–Crippen LogP) is 2.25. The summed E-state index contributed by atoms with van der Waals surface area (Å²) in [5.74, 6) is -0.549. The Labute approximate surface area is 94.9 Å². The molecule has 2 aliphatic rings. The van der Waals surface area contributed by atoms with Crippen LogP contribution >= 0.6 is 0 Å². The van der Waals surface area contributed by atoms with Crippen molar-refractivity contribution in [3.8, 4) is 0 Å². The highest BCUT2D eigenvalue weighted by Gasteiger charge is 2.25. The molecule has 2 aliphatic carbocycles. The van der Waals surface area contributed by atoms with Crippen molar-refractivity contribution in [3.05, 3.63) is 16.7 Å². The van der Waals surface area contributed by atoms with E-state index in [0.717, 1.165) is 31.9 Å². The fourth-order valence-corrected chi connectivity index (χ4v) is 2.63. The van der Waals surface area contributed by atoms with E-state index in [0.29, 0.717) is 0 Å². The van der Waals surface area contributed by atoms with Crippen molar-refractivity contribution in [2.24, 2.45) is 0 Å². The molecule has 16 heavy (non-hydrogen) atoms. The summed E-state index contributed by atoms with van der Waals surface area (Å²) in [7, 11) is 0. The van der Waals surface area contributed by atoms with Crippen LogP contribution in [0.4, 0.5) is 0 Å². The molecule has 1 unspecified atom stereocenters. The minimum Gasteiger partial charge on any atom is -0.454 e. The fraction of sp³-hybridized carbons (Fsp3) is 0.667. The lowest BCUT2D eigenvalue weighted by molar-refractivity contribution is -0.144. The van der Waals surface area contributed by atoms with E-state index in [1.54, 1.807) is 5.57 Å². The molecule has 1 atom stereocenters. The first-order valence-electron chi connectivity index (χ1n) is 5.87. The van der Waals surface area contributed by atoms with Crippen LogP contribution in [0.15, 0.2) is 11.1 Å². The van der Waals surface area contributed by atoms with Crippen molar-refractivity contribution in [1.29, 1.82) is 0 Å². The second-order valence-corrected chi connectivity index (χ2v) is 4.46. The molecule has 0 aliphatic heterocycles. The standard InChI is InChI=1S/C12H16N2O2/c13-14-8-12(15)16-11-6-5-9-3-1-2-4-10(9)7-11/h8,11H,1-7H2. The number of rotatable bonds is 2. The molecule has 4 heteroatoms. The van der Waals surface area contributed by atoms with Crippen LogP contribution in [0.2, 0.25) is 0 Å². The molecule has 0 saturated carbocycles. The number of carbonyl (C=O) groups is 1. The van der Waals surface area contributed by atoms with Crippen LogP contribution in [0.25, 0.3) is 5.53 Å². The maximum absolute atomic E-state index is 11.1. The van der Waals surface area contributed by atoms with Gasteiger partial charge in [-0.1, -0.05) is 11.1 Å². The molecule has 4 nitrogen and oxygen atoms in total. The highest BCUT2D eigenvalue weighted by Crippen LogP contribution is 2.36. The lowest BCUT2D eigenvalue weighted by atomic mass is 9.81. The molecule has 0 N–H and O–H groups in total. The van der Waals surface area contributed by atoms with Gasteiger partial charge in [-0.15, -0.1) is 0 Å². The van der Waals surface area contributed by atoms with E-state index < -0.39 is 5.97 Å². The monoisotopic (exact) mass is 220 g/mol. The van der Waals surface area contributed by atoms with Gasteiger partial charge in [0, 0.05) is 6.42 Å². The first-order valence-corrected chi connectivity index (χ1v) is 5.87. The molecule has 0 bridgehead atoms. The van der Waals surface area contributed by atoms with Gasteiger partial charge in [0.2, 0.25) is 0 Å². The van der Waals surface area contributed by atoms with Crippen LogP contribution in [-0.4, -0.2) is 23.1 Å². The number of hydrogen-bond donors (Lipinski definition) is 0. The van der Waals surface area contributed by atoms with Gasteiger partial charge in [0.1, 0.15) is 6.10 Å². The summed E-state index contributed by atoms with van der Waals surface area (Å²) in [4.78, 5) is 13.8. The smallest absolute Gasteiger partial charge is 0.413 e. The number of esters is 1. The second-order valence-electron chi connectivity index (χ2n) is 4.46. The normalized spacial score (nSPS) is 24.4. The minimum atomic E-state index is -0.549. The third kappa shape index (κ3) is 2.58. The molecule has 0 aromatic rings. The van der Waals surface area contributed by atoms with Gasteiger partial charge in [-0.3, -0.25) is 0 Å². The summed E-state index contributed by atoms with van der Waals surface area (Å²) < 4.78 is 5.20. The minimum absolute atomic E-state index is 0.0256. The second kappa shape index (κ2) is 5.08. The van der Waals surface area contributed by atoms with E-state index in [-0.39, 0.29) is 6.10 Å². The van der Waals surface area contributed by atoms with E-state index in [2.05, 4.69) is 4.79 Å². The zero-order valence-electron chi connectivity index (χ0n) is 9.32. The SMILES string of the molecule is [N-]=[N+]=CC(=O)OC1CCC2=C(CCCC2)C1. The molecule has 0 fully saturated rings. The largest absolute Gasteiger partial charge is 0.454 e. The molecule has 0 saturated heterocycles. The van der Waals surface area contributed by atoms with Crippen LogP contribution in [0.5, 0.6) is 0 Å². The Morgan fingerprint density at radius 1 is 1.31 bits per heavy atom. The molecule has 0 spiro atoms. The molecule has 0 heterocycles. The average molecular weight is 220 g/mol. The number of carbonyl (C=O) groups excluding carboxylic acids is 1. The Hall–Kier alpha value is -1.41. The maximum Gasteiger partial charge on any atom is 0.413 e. The third-order valence-electron chi connectivity index (χ3n) is 3.40. The molecular formula is C12H16N2O2. The van der Waals surface area contributed by atoms with Gasteiger partial charge < -0.3 is 10.3 Å². The molecule has 0 radical (unpaired) electrons. The van der Waals surface area contributed by atoms with E-state index in [1.165, 1.54) is 24.8 Å². The predicted molar refractivity (Wildman–Crippen MR) is 58.9 cm³/mol. The van der Waals surface area contributed by atoms with E-state index >= 15 is 0 Å². The van der Waals surface area contributed by atoms with Crippen molar-refractivity contribution in [1.82, 2.24) is 0 Å². The number of hydrogen-bond acceptors (Lipinski definition) is 2. The van der Waals surface area contributed by atoms with E-state index in [9.17, 15) is 4.79 Å². The summed E-state index contributed by atoms with van der Waals surface area (Å²) in [5.41, 5.74) is 11.3. The summed E-state index contributed by atoms with van der Waals surface area (Å²) in [5, 5.41) is 0. The van der Waals surface area contributed by atoms with Gasteiger partial charge in [0.25, 0.3) is 0 Å². The zero-order valence-corrected chi connectivity index (χ0v) is 9.32. The number of allylic oxidation sites excluding steroid dienone is 1. The van der Waals surface area contributed by atoms with Gasteiger partial charge in [-0.05, 0) is 38.5 Å². The Kier molecular flexibility index (Phi) is 3.52. The average Bonchev–Trinajstić information content (AvgIpc) is 2.29. The van der Waals surface area contributed by atoms with Crippen molar-refractivity contribution in [2.45, 2.75) is 51.0 Å². The van der Waals surface area contributed by atoms with Gasteiger partial charge >= 0.3 is 12.2 Å². The number of ether oxygens (including phenoxy) is 1. The van der Waals surface area contributed by atoms with Gasteiger partial charge in [-0.2, -0.15) is 4.79 Å². The quantitative estimate of drug-likeness (QED) is 0.235. The Morgan fingerprint density at radius 3 is 2.81 bits per heavy atom. The van der Waals surface area contributed by atoms with Crippen molar-refractivity contribution in [3.63, 3.8) is 0 Å². The molecule has 2 rings (SSSR count). The van der Waals surface area contributed by atoms with Crippen LogP contribution in [0.1, 0.15) is 44.9 Å². The van der Waals surface area contributed by atoms with Crippen LogP contribution < -0.4 is 0 Å². The van der Waals surface area contributed by atoms with E-state index in [4.69, 9.17) is 10.3 Å². The number of nitrogens with zero attached hydrogens (tertiary/aromatic N) is 2. The van der Waals surface area contributed by atoms with Crippen LogP contribution in [0.3, 0.4) is 0 Å². The van der Waals surface area contributed by atoms with Crippen molar-refractivity contribution >= 4 is 12.2 Å². The van der Waals surface area contributed by atoms with Crippen molar-refractivity contribution < 1.29 is 14.3 Å². The fourth-order valence-electron chi connectivity index (χ4n) is 2.63. The van der Waals surface area contributed by atoms with Gasteiger partial charge in [0.15, 0.2) is 0 Å². The lowest BCUT2D eigenvalue weighted by Gasteiger charge is -2.29. The van der Waals surface area contributed by atoms with Gasteiger partial charge in [0.05, 0.1) is 0 Å². The van der Waals surface area contributed by atoms with E-state index in [1.807, 2.05) is 0 Å². The maximum atomic E-state index is 11.1. The first-order chi connectivity index (χ1) is 7.79. The zero-order chi connectivity index (χ0) is 11.4.